The Morgan fingerprint density at radius 2 is 1.96 bits per heavy atom. The van der Waals surface area contributed by atoms with Crippen LogP contribution < -0.4 is 22.5 Å². The first-order chi connectivity index (χ1) is 12.9. The van der Waals surface area contributed by atoms with Crippen LogP contribution in [0.25, 0.3) is 0 Å². The third-order valence-electron chi connectivity index (χ3n) is 5.03. The van der Waals surface area contributed by atoms with Gasteiger partial charge in [-0.2, -0.15) is 11.8 Å². The lowest BCUT2D eigenvalue weighted by atomic mass is 9.96. The summed E-state index contributed by atoms with van der Waals surface area (Å²) in [6, 6.07) is -2.42. The maximum Gasteiger partial charge on any atom is 0.263 e. The van der Waals surface area contributed by atoms with Crippen LogP contribution in [-0.2, 0) is 14.4 Å². The van der Waals surface area contributed by atoms with Crippen LogP contribution in [0.5, 0.6) is 0 Å². The van der Waals surface area contributed by atoms with Gasteiger partial charge in [-0.25, -0.2) is 5.06 Å². The topological polar surface area (TPSA) is 168 Å². The zero-order valence-electron chi connectivity index (χ0n) is 15.4. The van der Waals surface area contributed by atoms with E-state index < -0.39 is 29.9 Å². The predicted molar refractivity (Wildman–Crippen MR) is 102 cm³/mol. The molecule has 0 bridgehead atoms. The predicted octanol–water partition coefficient (Wildman–Crippen LogP) is -2.32. The number of hydrogen-bond donors (Lipinski definition) is 5. The van der Waals surface area contributed by atoms with E-state index in [-0.39, 0.29) is 24.8 Å². The molecule has 0 spiro atoms. The molecule has 0 aromatic heterocycles. The minimum Gasteiger partial charge on any atom is -0.368 e. The molecule has 0 aromatic carbocycles. The van der Waals surface area contributed by atoms with Crippen molar-refractivity contribution in [3.63, 3.8) is 0 Å². The second-order valence-electron chi connectivity index (χ2n) is 6.98. The number of amides is 3. The fourth-order valence-electron chi connectivity index (χ4n) is 3.52. The van der Waals surface area contributed by atoms with Crippen molar-refractivity contribution in [3.05, 3.63) is 0 Å². The minimum atomic E-state index is -0.882. The number of carbonyl (C=O) groups excluding carboxylic acids is 3. The number of likely N-dealkylation sites (tertiary alicyclic amines) is 1. The maximum absolute atomic E-state index is 12.8. The number of carbonyl (C=O) groups is 3. The van der Waals surface area contributed by atoms with Gasteiger partial charge >= 0.3 is 0 Å². The first-order valence-corrected chi connectivity index (χ1v) is 10.4. The van der Waals surface area contributed by atoms with Crippen molar-refractivity contribution in [1.29, 1.82) is 0 Å². The number of nitrogens with two attached hydrogens (primary N) is 3. The summed E-state index contributed by atoms with van der Waals surface area (Å²) < 4.78 is 0. The highest BCUT2D eigenvalue weighted by Gasteiger charge is 2.44. The number of thioether (sulfide) groups is 1. The standard InChI is InChI=1S/C16H30N6O4S/c17-3-6-27-9-12(18)16(25)22(26)11-7-13(14(19)23)21(8-11)15(24)10-1-4-20-5-2-10/h10-13,20,26H,1-9,17-18H2,(H2,19,23)/t11-,12-,13-/m0/s1. The average Bonchev–Trinajstić information content (AvgIpc) is 3.12. The van der Waals surface area contributed by atoms with Crippen LogP contribution in [0.2, 0.25) is 0 Å². The fraction of sp³-hybridized carbons (Fsp3) is 0.812. The SMILES string of the molecule is NCCSC[C@H](N)C(=O)N(O)[C@H]1C[C@@H](C(N)=O)N(C(=O)C2CCNCC2)C1. The van der Waals surface area contributed by atoms with Crippen molar-refractivity contribution in [1.82, 2.24) is 15.3 Å². The van der Waals surface area contributed by atoms with Crippen molar-refractivity contribution >= 4 is 29.5 Å². The molecule has 2 aliphatic heterocycles. The van der Waals surface area contributed by atoms with Crippen LogP contribution in [-0.4, -0.2) is 88.7 Å². The monoisotopic (exact) mass is 402 g/mol. The molecule has 11 heteroatoms. The zero-order chi connectivity index (χ0) is 20.0. The Morgan fingerprint density at radius 1 is 1.30 bits per heavy atom. The van der Waals surface area contributed by atoms with Crippen molar-refractivity contribution in [2.75, 3.05) is 37.7 Å². The number of primary amides is 1. The summed E-state index contributed by atoms with van der Waals surface area (Å²) in [5.41, 5.74) is 16.7. The quantitative estimate of drug-likeness (QED) is 0.171. The Morgan fingerprint density at radius 3 is 2.56 bits per heavy atom. The van der Waals surface area contributed by atoms with Crippen LogP contribution in [0, 0.1) is 5.92 Å². The van der Waals surface area contributed by atoms with Crippen LogP contribution in [0.3, 0.4) is 0 Å². The molecule has 2 aliphatic rings. The van der Waals surface area contributed by atoms with Crippen LogP contribution >= 0.6 is 11.8 Å². The van der Waals surface area contributed by atoms with E-state index in [4.69, 9.17) is 17.2 Å². The molecule has 2 fully saturated rings. The Balaban J connectivity index is 2.00. The van der Waals surface area contributed by atoms with Gasteiger partial charge < -0.3 is 27.4 Å². The third-order valence-corrected chi connectivity index (χ3v) is 6.15. The van der Waals surface area contributed by atoms with Crippen molar-refractivity contribution in [2.24, 2.45) is 23.1 Å². The smallest absolute Gasteiger partial charge is 0.263 e. The van der Waals surface area contributed by atoms with E-state index in [0.717, 1.165) is 13.1 Å². The molecule has 0 aliphatic carbocycles. The van der Waals surface area contributed by atoms with E-state index in [2.05, 4.69) is 5.32 Å². The average molecular weight is 403 g/mol. The molecule has 10 nitrogen and oxygen atoms in total. The number of nitrogens with zero attached hydrogens (tertiary/aromatic N) is 2. The fourth-order valence-corrected chi connectivity index (χ4v) is 4.25. The van der Waals surface area contributed by atoms with Gasteiger partial charge in [0.15, 0.2) is 0 Å². The first kappa shape index (κ1) is 21.9. The van der Waals surface area contributed by atoms with Crippen LogP contribution in [0.4, 0.5) is 0 Å². The highest BCUT2D eigenvalue weighted by molar-refractivity contribution is 7.99. The van der Waals surface area contributed by atoms with Crippen LogP contribution in [0.15, 0.2) is 0 Å². The first-order valence-electron chi connectivity index (χ1n) is 9.22. The van der Waals surface area contributed by atoms with Gasteiger partial charge in [0, 0.05) is 36.9 Å². The van der Waals surface area contributed by atoms with E-state index >= 15 is 0 Å². The zero-order valence-corrected chi connectivity index (χ0v) is 16.2. The molecule has 154 valence electrons. The molecule has 0 aromatic rings. The van der Waals surface area contributed by atoms with Crippen molar-refractivity contribution in [2.45, 2.75) is 37.4 Å². The van der Waals surface area contributed by atoms with Gasteiger partial charge in [0.25, 0.3) is 5.91 Å². The van der Waals surface area contributed by atoms with E-state index in [1.165, 1.54) is 16.7 Å². The summed E-state index contributed by atoms with van der Waals surface area (Å²) in [6.07, 6.45) is 1.49. The molecule has 2 heterocycles. The highest BCUT2D eigenvalue weighted by atomic mass is 32.2. The molecule has 8 N–H and O–H groups in total. The van der Waals surface area contributed by atoms with E-state index in [0.29, 0.717) is 36.0 Å². The molecular weight excluding hydrogens is 372 g/mol. The number of hydrogen-bond acceptors (Lipinski definition) is 8. The van der Waals surface area contributed by atoms with Gasteiger partial charge in [-0.1, -0.05) is 0 Å². The Labute approximate surface area is 163 Å². The largest absolute Gasteiger partial charge is 0.368 e. The molecule has 0 unspecified atom stereocenters. The number of rotatable bonds is 8. The van der Waals surface area contributed by atoms with Gasteiger partial charge in [0.2, 0.25) is 11.8 Å². The lowest BCUT2D eigenvalue weighted by Crippen LogP contribution is -2.50. The van der Waals surface area contributed by atoms with E-state index in [1.54, 1.807) is 0 Å². The summed E-state index contributed by atoms with van der Waals surface area (Å²) in [5, 5.41) is 14.1. The highest BCUT2D eigenvalue weighted by Crippen LogP contribution is 2.26. The Hall–Kier alpha value is -1.40. The number of nitrogens with one attached hydrogen (secondary N) is 1. The Kier molecular flexibility index (Phi) is 8.29. The molecule has 27 heavy (non-hydrogen) atoms. The molecule has 0 saturated carbocycles. The minimum absolute atomic E-state index is 0.0707. The van der Waals surface area contributed by atoms with Crippen LogP contribution in [0.1, 0.15) is 19.3 Å². The summed E-state index contributed by atoms with van der Waals surface area (Å²) >= 11 is 1.43. The van der Waals surface area contributed by atoms with Gasteiger partial charge in [0.05, 0.1) is 12.1 Å². The van der Waals surface area contributed by atoms with E-state index in [1.807, 2.05) is 0 Å². The van der Waals surface area contributed by atoms with Gasteiger partial charge in [0.1, 0.15) is 6.04 Å². The second-order valence-corrected chi connectivity index (χ2v) is 8.13. The second kappa shape index (κ2) is 10.2. The summed E-state index contributed by atoms with van der Waals surface area (Å²) in [4.78, 5) is 38.4. The lowest BCUT2D eigenvalue weighted by Gasteiger charge is -2.30. The normalized spacial score (nSPS) is 24.6. The lowest BCUT2D eigenvalue weighted by molar-refractivity contribution is -0.176. The van der Waals surface area contributed by atoms with Crippen molar-refractivity contribution in [3.8, 4) is 0 Å². The molecule has 2 saturated heterocycles. The van der Waals surface area contributed by atoms with Gasteiger partial charge in [-0.15, -0.1) is 0 Å². The van der Waals surface area contributed by atoms with E-state index in [9.17, 15) is 19.6 Å². The summed E-state index contributed by atoms with van der Waals surface area (Å²) in [6.45, 7) is 2.04. The van der Waals surface area contributed by atoms with Gasteiger partial charge in [-0.05, 0) is 25.9 Å². The van der Waals surface area contributed by atoms with Gasteiger partial charge in [-0.3, -0.25) is 19.6 Å². The Bertz CT molecular complexity index is 545. The number of piperidine rings is 1. The molecule has 3 atom stereocenters. The van der Waals surface area contributed by atoms with Crippen molar-refractivity contribution < 1.29 is 19.6 Å². The summed E-state index contributed by atoms with van der Waals surface area (Å²) in [7, 11) is 0. The molecule has 2 rings (SSSR count). The third kappa shape index (κ3) is 5.55. The summed E-state index contributed by atoms with van der Waals surface area (Å²) in [5.74, 6) is -0.599. The molecule has 3 amide bonds. The molecule has 0 radical (unpaired) electrons. The molecular formula is C16H30N6O4S. The maximum atomic E-state index is 12.8. The number of hydroxylamine groups is 2.